The summed E-state index contributed by atoms with van der Waals surface area (Å²) in [5.74, 6) is 0.477. The molecule has 0 spiro atoms. The maximum Gasteiger partial charge on any atom is 0.336 e. The molecular weight excluding hydrogens is 492 g/mol. The van der Waals surface area contributed by atoms with Crippen molar-refractivity contribution in [3.8, 4) is 22.6 Å². The van der Waals surface area contributed by atoms with Crippen LogP contribution in [0.5, 0.6) is 11.5 Å². The maximum absolute atomic E-state index is 13.0. The number of aromatic carboxylic acids is 1. The average Bonchev–Trinajstić information content (AvgIpc) is 2.97. The molecule has 7 nitrogen and oxygen atoms in total. The largest absolute Gasteiger partial charge is 0.491 e. The van der Waals surface area contributed by atoms with Crippen LogP contribution >= 0.6 is 0 Å². The minimum Gasteiger partial charge on any atom is -0.491 e. The number of benzene rings is 4. The molecule has 2 heterocycles. The average molecular weight is 521 g/mol. The number of hydrogen-bond donors (Lipinski definition) is 2. The van der Waals surface area contributed by atoms with E-state index in [-0.39, 0.29) is 17.5 Å². The Labute approximate surface area is 226 Å². The zero-order chi connectivity index (χ0) is 26.8. The Balaban J connectivity index is 1.14. The van der Waals surface area contributed by atoms with E-state index in [2.05, 4.69) is 10.2 Å². The lowest BCUT2D eigenvalue weighted by molar-refractivity contribution is 0.0697. The molecule has 0 bridgehead atoms. The number of para-hydroxylation sites is 1. The van der Waals surface area contributed by atoms with Crippen LogP contribution in [0.2, 0.25) is 0 Å². The van der Waals surface area contributed by atoms with Gasteiger partial charge in [0.05, 0.1) is 23.8 Å². The van der Waals surface area contributed by atoms with Gasteiger partial charge in [-0.1, -0.05) is 60.7 Å². The summed E-state index contributed by atoms with van der Waals surface area (Å²) in [7, 11) is 0. The van der Waals surface area contributed by atoms with Crippen LogP contribution in [0.15, 0.2) is 91.0 Å². The van der Waals surface area contributed by atoms with Gasteiger partial charge in [0, 0.05) is 12.1 Å². The number of amides is 1. The van der Waals surface area contributed by atoms with Crippen LogP contribution in [-0.4, -0.2) is 42.8 Å². The summed E-state index contributed by atoms with van der Waals surface area (Å²) >= 11 is 0. The third-order valence-electron chi connectivity index (χ3n) is 7.19. The zero-order valence-corrected chi connectivity index (χ0v) is 21.3. The quantitative estimate of drug-likeness (QED) is 0.364. The van der Waals surface area contributed by atoms with Crippen molar-refractivity contribution in [1.82, 2.24) is 5.32 Å². The fraction of sp³-hybridized carbons (Fsp3) is 0.188. The van der Waals surface area contributed by atoms with Gasteiger partial charge in [0.2, 0.25) is 0 Å². The minimum absolute atomic E-state index is 0.0914. The summed E-state index contributed by atoms with van der Waals surface area (Å²) in [6.45, 7) is 2.36. The Morgan fingerprint density at radius 3 is 2.54 bits per heavy atom. The van der Waals surface area contributed by atoms with Gasteiger partial charge in [-0.05, 0) is 59.0 Å². The number of nitrogens with zero attached hydrogens (tertiary/aromatic N) is 1. The number of carboxylic acids is 1. The lowest BCUT2D eigenvalue weighted by atomic mass is 9.98. The highest BCUT2D eigenvalue weighted by molar-refractivity contribution is 5.96. The molecule has 4 aromatic carbocycles. The number of nitrogens with one attached hydrogen (secondary N) is 1. The highest BCUT2D eigenvalue weighted by Crippen LogP contribution is 2.34. The fourth-order valence-corrected chi connectivity index (χ4v) is 5.20. The van der Waals surface area contributed by atoms with E-state index in [1.54, 1.807) is 18.2 Å². The first-order valence-corrected chi connectivity index (χ1v) is 13.0. The first-order chi connectivity index (χ1) is 19.0. The van der Waals surface area contributed by atoms with Crippen molar-refractivity contribution in [1.29, 1.82) is 0 Å². The fourth-order valence-electron chi connectivity index (χ4n) is 5.20. The second-order valence-corrected chi connectivity index (χ2v) is 9.79. The van der Waals surface area contributed by atoms with Gasteiger partial charge < -0.3 is 24.8 Å². The summed E-state index contributed by atoms with van der Waals surface area (Å²) in [5.41, 5.74) is 5.53. The predicted octanol–water partition coefficient (Wildman–Crippen LogP) is 5.18. The van der Waals surface area contributed by atoms with Crippen LogP contribution in [0.3, 0.4) is 0 Å². The normalized spacial score (nSPS) is 15.8. The van der Waals surface area contributed by atoms with Gasteiger partial charge in [-0.15, -0.1) is 0 Å². The first-order valence-electron chi connectivity index (χ1n) is 13.0. The van der Waals surface area contributed by atoms with Crippen LogP contribution in [-0.2, 0) is 13.0 Å². The monoisotopic (exact) mass is 520 g/mol. The van der Waals surface area contributed by atoms with Gasteiger partial charge >= 0.3 is 5.97 Å². The molecule has 0 aromatic heterocycles. The lowest BCUT2D eigenvalue weighted by Crippen LogP contribution is -2.42. The topological polar surface area (TPSA) is 88.1 Å². The van der Waals surface area contributed by atoms with Crippen molar-refractivity contribution in [3.63, 3.8) is 0 Å². The molecule has 1 unspecified atom stereocenters. The summed E-state index contributed by atoms with van der Waals surface area (Å²) in [6.07, 6.45) is 0.734. The van der Waals surface area contributed by atoms with Crippen molar-refractivity contribution in [2.45, 2.75) is 19.0 Å². The third kappa shape index (κ3) is 5.16. The molecule has 0 saturated heterocycles. The third-order valence-corrected chi connectivity index (χ3v) is 7.19. The van der Waals surface area contributed by atoms with E-state index < -0.39 is 5.97 Å². The summed E-state index contributed by atoms with van der Waals surface area (Å²) in [5, 5.41) is 12.6. The Hall–Kier alpha value is -4.78. The van der Waals surface area contributed by atoms with Crippen molar-refractivity contribution >= 4 is 17.6 Å². The summed E-state index contributed by atoms with van der Waals surface area (Å²) < 4.78 is 11.7. The Morgan fingerprint density at radius 1 is 0.897 bits per heavy atom. The molecular formula is C32H28N2O5. The highest BCUT2D eigenvalue weighted by Gasteiger charge is 2.24. The van der Waals surface area contributed by atoms with E-state index in [0.29, 0.717) is 36.6 Å². The number of hydrogen-bond acceptors (Lipinski definition) is 5. The molecule has 0 radical (unpaired) electrons. The first kappa shape index (κ1) is 24.6. The van der Waals surface area contributed by atoms with Crippen molar-refractivity contribution in [2.24, 2.45) is 0 Å². The molecule has 6 rings (SSSR count). The number of rotatable bonds is 6. The number of carbonyl (C=O) groups excluding carboxylic acids is 1. The van der Waals surface area contributed by atoms with Crippen LogP contribution in [0.25, 0.3) is 11.1 Å². The molecule has 1 amide bonds. The zero-order valence-electron chi connectivity index (χ0n) is 21.3. The Kier molecular flexibility index (Phi) is 6.63. The van der Waals surface area contributed by atoms with E-state index in [9.17, 15) is 14.7 Å². The molecule has 1 atom stereocenters. The summed E-state index contributed by atoms with van der Waals surface area (Å²) in [6, 6.07) is 28.4. The molecule has 7 heteroatoms. The number of carbonyl (C=O) groups is 2. The smallest absolute Gasteiger partial charge is 0.336 e. The number of fused-ring (bicyclic) bond motifs is 2. The number of anilines is 1. The van der Waals surface area contributed by atoms with Crippen LogP contribution in [0.1, 0.15) is 31.8 Å². The lowest BCUT2D eigenvalue weighted by Gasteiger charge is -2.32. The van der Waals surface area contributed by atoms with Gasteiger partial charge in [-0.25, -0.2) is 4.79 Å². The Morgan fingerprint density at radius 2 is 1.69 bits per heavy atom. The SMILES string of the molecule is O=C(NC1COc2ccccc2C1)c1ccc2c(c1)OCCN2Cc1ccc(-c2ccccc2C(=O)O)cc1. The van der Waals surface area contributed by atoms with Gasteiger partial charge in [0.15, 0.2) is 0 Å². The molecule has 0 aliphatic carbocycles. The summed E-state index contributed by atoms with van der Waals surface area (Å²) in [4.78, 5) is 26.9. The van der Waals surface area contributed by atoms with E-state index in [4.69, 9.17) is 9.47 Å². The molecule has 0 saturated carbocycles. The van der Waals surface area contributed by atoms with Crippen molar-refractivity contribution < 1.29 is 24.2 Å². The molecule has 4 aromatic rings. The van der Waals surface area contributed by atoms with Gasteiger partial charge in [-0.3, -0.25) is 4.79 Å². The number of ether oxygens (including phenoxy) is 2. The molecule has 0 fully saturated rings. The molecule has 2 aliphatic rings. The maximum atomic E-state index is 13.0. The van der Waals surface area contributed by atoms with E-state index in [1.807, 2.05) is 72.8 Å². The van der Waals surface area contributed by atoms with Crippen LogP contribution < -0.4 is 19.7 Å². The second-order valence-electron chi connectivity index (χ2n) is 9.79. The van der Waals surface area contributed by atoms with Crippen LogP contribution in [0.4, 0.5) is 5.69 Å². The van der Waals surface area contributed by atoms with Gasteiger partial charge in [0.25, 0.3) is 5.91 Å². The molecule has 196 valence electrons. The standard InChI is InChI=1S/C32H28N2O5/c35-31(33-25-17-23-5-1-4-8-29(23)39-20-25)24-13-14-28-30(18-24)38-16-15-34(28)19-21-9-11-22(12-10-21)26-6-2-3-7-27(26)32(36)37/h1-14,18,25H,15-17,19-20H2,(H,33,35)(H,36,37). The Bertz CT molecular complexity index is 1530. The molecule has 2 aliphatic heterocycles. The molecule has 2 N–H and O–H groups in total. The van der Waals surface area contributed by atoms with E-state index in [1.165, 1.54) is 0 Å². The van der Waals surface area contributed by atoms with Crippen LogP contribution in [0, 0.1) is 0 Å². The van der Waals surface area contributed by atoms with Gasteiger partial charge in [-0.2, -0.15) is 0 Å². The predicted molar refractivity (Wildman–Crippen MR) is 149 cm³/mol. The highest BCUT2D eigenvalue weighted by atomic mass is 16.5. The van der Waals surface area contributed by atoms with E-state index in [0.717, 1.165) is 41.1 Å². The number of carboxylic acid groups (broad SMARTS) is 1. The minimum atomic E-state index is -0.940. The second kappa shape index (κ2) is 10.5. The molecule has 39 heavy (non-hydrogen) atoms. The van der Waals surface area contributed by atoms with E-state index >= 15 is 0 Å². The van der Waals surface area contributed by atoms with Crippen molar-refractivity contribution in [3.05, 3.63) is 113 Å². The van der Waals surface area contributed by atoms with Gasteiger partial charge in [0.1, 0.15) is 24.7 Å². The van der Waals surface area contributed by atoms with Crippen molar-refractivity contribution in [2.75, 3.05) is 24.7 Å².